The van der Waals surface area contributed by atoms with Gasteiger partial charge in [-0.05, 0) is 33.0 Å². The molecule has 4 nitrogen and oxygen atoms in total. The summed E-state index contributed by atoms with van der Waals surface area (Å²) in [5.41, 5.74) is 0. The van der Waals surface area contributed by atoms with Gasteiger partial charge in [0.05, 0.1) is 5.92 Å². The lowest BCUT2D eigenvalue weighted by Gasteiger charge is -2.20. The molecule has 1 saturated heterocycles. The topological polar surface area (TPSA) is 44.4 Å². The van der Waals surface area contributed by atoms with E-state index in [9.17, 15) is 4.79 Å². The standard InChI is InChI=1S/C10H21N3O/c1-11-5-3-7-13(2)10(14)9-4-6-12-8-9/h9,11-12H,3-8H2,1-2H3. The van der Waals surface area contributed by atoms with Crippen LogP contribution in [-0.2, 0) is 4.79 Å². The first-order chi connectivity index (χ1) is 6.75. The van der Waals surface area contributed by atoms with Crippen molar-refractivity contribution >= 4 is 5.91 Å². The Kier molecular flexibility index (Phi) is 4.90. The highest BCUT2D eigenvalue weighted by molar-refractivity contribution is 5.79. The highest BCUT2D eigenvalue weighted by Gasteiger charge is 2.24. The zero-order valence-corrected chi connectivity index (χ0v) is 9.18. The Morgan fingerprint density at radius 2 is 2.43 bits per heavy atom. The van der Waals surface area contributed by atoms with Crippen LogP contribution >= 0.6 is 0 Å². The summed E-state index contributed by atoms with van der Waals surface area (Å²) in [5.74, 6) is 0.515. The summed E-state index contributed by atoms with van der Waals surface area (Å²) in [4.78, 5) is 13.7. The first kappa shape index (κ1) is 11.5. The molecule has 0 radical (unpaired) electrons. The minimum absolute atomic E-state index is 0.217. The van der Waals surface area contributed by atoms with Gasteiger partial charge in [-0.1, -0.05) is 0 Å². The predicted molar refractivity (Wildman–Crippen MR) is 57.2 cm³/mol. The summed E-state index contributed by atoms with van der Waals surface area (Å²) in [5, 5.41) is 6.30. The molecular formula is C10H21N3O. The molecule has 0 bridgehead atoms. The lowest BCUT2D eigenvalue weighted by Crippen LogP contribution is -2.35. The molecule has 1 heterocycles. The van der Waals surface area contributed by atoms with Crippen molar-refractivity contribution in [3.63, 3.8) is 0 Å². The first-order valence-corrected chi connectivity index (χ1v) is 5.36. The van der Waals surface area contributed by atoms with Crippen LogP contribution in [0.2, 0.25) is 0 Å². The summed E-state index contributed by atoms with van der Waals surface area (Å²) in [7, 11) is 3.83. The molecule has 0 aromatic heterocycles. The number of carbonyl (C=O) groups is 1. The van der Waals surface area contributed by atoms with E-state index in [0.29, 0.717) is 5.91 Å². The van der Waals surface area contributed by atoms with Crippen LogP contribution in [-0.4, -0.2) is 51.1 Å². The van der Waals surface area contributed by atoms with E-state index in [2.05, 4.69) is 10.6 Å². The van der Waals surface area contributed by atoms with Gasteiger partial charge in [-0.2, -0.15) is 0 Å². The molecule has 14 heavy (non-hydrogen) atoms. The van der Waals surface area contributed by atoms with Gasteiger partial charge in [-0.3, -0.25) is 4.79 Å². The molecule has 0 saturated carbocycles. The zero-order valence-electron chi connectivity index (χ0n) is 9.18. The highest BCUT2D eigenvalue weighted by Crippen LogP contribution is 2.10. The molecule has 1 aliphatic rings. The maximum atomic E-state index is 11.8. The van der Waals surface area contributed by atoms with Crippen molar-refractivity contribution < 1.29 is 4.79 Å². The minimum Gasteiger partial charge on any atom is -0.345 e. The molecule has 1 amide bonds. The number of nitrogens with zero attached hydrogens (tertiary/aromatic N) is 1. The minimum atomic E-state index is 0.217. The average Bonchev–Trinajstić information content (AvgIpc) is 2.69. The Hall–Kier alpha value is -0.610. The fourth-order valence-corrected chi connectivity index (χ4v) is 1.78. The smallest absolute Gasteiger partial charge is 0.226 e. The van der Waals surface area contributed by atoms with Gasteiger partial charge < -0.3 is 15.5 Å². The fourth-order valence-electron chi connectivity index (χ4n) is 1.78. The van der Waals surface area contributed by atoms with Crippen molar-refractivity contribution in [2.45, 2.75) is 12.8 Å². The quantitative estimate of drug-likeness (QED) is 0.596. The van der Waals surface area contributed by atoms with Gasteiger partial charge in [0, 0.05) is 20.1 Å². The van der Waals surface area contributed by atoms with Crippen LogP contribution in [0.25, 0.3) is 0 Å². The Labute approximate surface area is 86.0 Å². The van der Waals surface area contributed by atoms with Gasteiger partial charge in [-0.25, -0.2) is 0 Å². The predicted octanol–water partition coefficient (Wildman–Crippen LogP) is -0.336. The molecule has 1 aliphatic heterocycles. The summed E-state index contributed by atoms with van der Waals surface area (Å²) < 4.78 is 0. The summed E-state index contributed by atoms with van der Waals surface area (Å²) in [6.45, 7) is 3.67. The van der Waals surface area contributed by atoms with Crippen molar-refractivity contribution in [2.75, 3.05) is 40.3 Å². The molecule has 2 N–H and O–H groups in total. The van der Waals surface area contributed by atoms with Gasteiger partial charge in [0.25, 0.3) is 0 Å². The van der Waals surface area contributed by atoms with E-state index in [1.807, 2.05) is 19.0 Å². The summed E-state index contributed by atoms with van der Waals surface area (Å²) in [6.07, 6.45) is 2.02. The number of hydrogen-bond donors (Lipinski definition) is 2. The zero-order chi connectivity index (χ0) is 10.4. The molecule has 82 valence electrons. The first-order valence-electron chi connectivity index (χ1n) is 5.36. The van der Waals surface area contributed by atoms with E-state index < -0.39 is 0 Å². The van der Waals surface area contributed by atoms with Crippen LogP contribution in [0.3, 0.4) is 0 Å². The third-order valence-electron chi connectivity index (χ3n) is 2.71. The SMILES string of the molecule is CNCCCN(C)C(=O)C1CCNC1. The molecule has 1 unspecified atom stereocenters. The lowest BCUT2D eigenvalue weighted by molar-refractivity contribution is -0.133. The van der Waals surface area contributed by atoms with E-state index in [4.69, 9.17) is 0 Å². The maximum Gasteiger partial charge on any atom is 0.226 e. The van der Waals surface area contributed by atoms with Crippen LogP contribution in [0.5, 0.6) is 0 Å². The van der Waals surface area contributed by atoms with Crippen molar-refractivity contribution in [1.82, 2.24) is 15.5 Å². The third kappa shape index (κ3) is 3.27. The van der Waals surface area contributed by atoms with E-state index in [-0.39, 0.29) is 5.92 Å². The van der Waals surface area contributed by atoms with Gasteiger partial charge in [-0.15, -0.1) is 0 Å². The second-order valence-corrected chi connectivity index (χ2v) is 3.91. The number of rotatable bonds is 5. The number of carbonyl (C=O) groups excluding carboxylic acids is 1. The highest BCUT2D eigenvalue weighted by atomic mass is 16.2. The van der Waals surface area contributed by atoms with Crippen LogP contribution < -0.4 is 10.6 Å². The molecule has 1 fully saturated rings. The second kappa shape index (κ2) is 5.98. The Morgan fingerprint density at radius 3 is 3.00 bits per heavy atom. The number of amides is 1. The average molecular weight is 199 g/mol. The molecule has 0 spiro atoms. The van der Waals surface area contributed by atoms with E-state index in [0.717, 1.165) is 39.0 Å². The van der Waals surface area contributed by atoms with Crippen molar-refractivity contribution in [2.24, 2.45) is 5.92 Å². The number of hydrogen-bond acceptors (Lipinski definition) is 3. The van der Waals surface area contributed by atoms with Crippen molar-refractivity contribution in [3.8, 4) is 0 Å². The van der Waals surface area contributed by atoms with Gasteiger partial charge >= 0.3 is 0 Å². The van der Waals surface area contributed by atoms with Crippen molar-refractivity contribution in [3.05, 3.63) is 0 Å². The molecule has 0 aromatic rings. The Balaban J connectivity index is 2.21. The monoisotopic (exact) mass is 199 g/mol. The third-order valence-corrected chi connectivity index (χ3v) is 2.71. The Morgan fingerprint density at radius 1 is 1.64 bits per heavy atom. The molecule has 1 rings (SSSR count). The second-order valence-electron chi connectivity index (χ2n) is 3.91. The van der Waals surface area contributed by atoms with Crippen LogP contribution in [0.4, 0.5) is 0 Å². The van der Waals surface area contributed by atoms with Gasteiger partial charge in [0.15, 0.2) is 0 Å². The largest absolute Gasteiger partial charge is 0.345 e. The van der Waals surface area contributed by atoms with Crippen LogP contribution in [0.15, 0.2) is 0 Å². The molecule has 4 heteroatoms. The molecular weight excluding hydrogens is 178 g/mol. The van der Waals surface area contributed by atoms with Gasteiger partial charge in [0.1, 0.15) is 0 Å². The molecule has 1 atom stereocenters. The number of nitrogens with one attached hydrogen (secondary N) is 2. The molecule has 0 aromatic carbocycles. The van der Waals surface area contributed by atoms with E-state index in [1.165, 1.54) is 0 Å². The van der Waals surface area contributed by atoms with E-state index in [1.54, 1.807) is 0 Å². The summed E-state index contributed by atoms with van der Waals surface area (Å²) >= 11 is 0. The van der Waals surface area contributed by atoms with E-state index >= 15 is 0 Å². The fraction of sp³-hybridized carbons (Fsp3) is 0.900. The lowest BCUT2D eigenvalue weighted by atomic mass is 10.1. The summed E-state index contributed by atoms with van der Waals surface area (Å²) in [6, 6.07) is 0. The molecule has 0 aliphatic carbocycles. The van der Waals surface area contributed by atoms with Gasteiger partial charge in [0.2, 0.25) is 5.91 Å². The maximum absolute atomic E-state index is 11.8. The Bertz CT molecular complexity index is 178. The van der Waals surface area contributed by atoms with Crippen LogP contribution in [0.1, 0.15) is 12.8 Å². The normalized spacial score (nSPS) is 21.1. The van der Waals surface area contributed by atoms with Crippen molar-refractivity contribution in [1.29, 1.82) is 0 Å². The van der Waals surface area contributed by atoms with Crippen LogP contribution in [0, 0.1) is 5.92 Å².